The van der Waals surface area contributed by atoms with Crippen molar-refractivity contribution in [3.05, 3.63) is 29.5 Å². The molecular formula is C22H31N7O3. The molecule has 2 aliphatic rings. The van der Waals surface area contributed by atoms with Crippen LogP contribution >= 0.6 is 0 Å². The molecule has 1 fully saturated rings. The normalized spacial score (nSPS) is 16.9. The van der Waals surface area contributed by atoms with Crippen LogP contribution in [0, 0.1) is 0 Å². The molecule has 2 aromatic rings. The van der Waals surface area contributed by atoms with Gasteiger partial charge in [-0.3, -0.25) is 9.69 Å². The van der Waals surface area contributed by atoms with E-state index in [-0.39, 0.29) is 24.2 Å². The number of piperazine rings is 1. The predicted octanol–water partition coefficient (Wildman–Crippen LogP) is 0.958. The molecule has 0 bridgehead atoms. The van der Waals surface area contributed by atoms with Gasteiger partial charge in [0.25, 0.3) is 0 Å². The summed E-state index contributed by atoms with van der Waals surface area (Å²) >= 11 is 0. The molecule has 1 amide bonds. The number of likely N-dealkylation sites (N-methyl/N-ethyl adjacent to an activating group) is 1. The van der Waals surface area contributed by atoms with Crippen molar-refractivity contribution in [2.75, 3.05) is 63.6 Å². The number of carbonyl (C=O) groups is 1. The number of nitrogens with zero attached hydrogens (tertiary/aromatic N) is 6. The van der Waals surface area contributed by atoms with Crippen molar-refractivity contribution in [2.45, 2.75) is 26.3 Å². The maximum Gasteiger partial charge on any atom is 0.320 e. The molecule has 10 heteroatoms. The zero-order valence-electron chi connectivity index (χ0n) is 18.8. The van der Waals surface area contributed by atoms with E-state index in [1.54, 1.807) is 11.1 Å². The van der Waals surface area contributed by atoms with Gasteiger partial charge in [-0.05, 0) is 26.0 Å². The number of amides is 1. The topological polar surface area (TPSA) is 110 Å². The molecule has 2 aromatic heterocycles. The number of nitrogens with two attached hydrogens (primary N) is 1. The maximum absolute atomic E-state index is 12.6. The van der Waals surface area contributed by atoms with E-state index in [0.29, 0.717) is 37.0 Å². The zero-order valence-corrected chi connectivity index (χ0v) is 18.8. The minimum atomic E-state index is -0.0705. The third kappa shape index (κ3) is 5.25. The number of aromatic nitrogens is 3. The molecule has 0 atom stereocenters. The predicted molar refractivity (Wildman–Crippen MR) is 121 cm³/mol. The molecule has 0 aromatic carbocycles. The summed E-state index contributed by atoms with van der Waals surface area (Å²) in [5, 5.41) is 0. The van der Waals surface area contributed by atoms with Crippen molar-refractivity contribution in [3.63, 3.8) is 0 Å². The fourth-order valence-electron chi connectivity index (χ4n) is 3.89. The Bertz CT molecular complexity index is 930. The lowest BCUT2D eigenvalue weighted by molar-refractivity contribution is -0.117. The molecule has 4 heterocycles. The molecule has 32 heavy (non-hydrogen) atoms. The smallest absolute Gasteiger partial charge is 0.320 e. The van der Waals surface area contributed by atoms with Crippen LogP contribution in [0.15, 0.2) is 18.3 Å². The van der Waals surface area contributed by atoms with Crippen molar-refractivity contribution in [1.29, 1.82) is 0 Å². The van der Waals surface area contributed by atoms with Gasteiger partial charge >= 0.3 is 6.01 Å². The highest BCUT2D eigenvalue weighted by Gasteiger charge is 2.32. The molecule has 172 valence electrons. The van der Waals surface area contributed by atoms with Gasteiger partial charge < -0.3 is 25.0 Å². The highest BCUT2D eigenvalue weighted by Crippen LogP contribution is 2.33. The van der Waals surface area contributed by atoms with Gasteiger partial charge in [-0.15, -0.1) is 0 Å². The van der Waals surface area contributed by atoms with Gasteiger partial charge in [0.15, 0.2) is 0 Å². The lowest BCUT2D eigenvalue weighted by Gasteiger charge is -2.32. The Morgan fingerprint density at radius 2 is 1.94 bits per heavy atom. The second-order valence-corrected chi connectivity index (χ2v) is 8.13. The molecule has 0 unspecified atom stereocenters. The maximum atomic E-state index is 12.6. The van der Waals surface area contributed by atoms with E-state index in [9.17, 15) is 4.79 Å². The number of fused-ring (bicyclic) bond motifs is 1. The number of nitrogen functional groups attached to an aromatic ring is 1. The van der Waals surface area contributed by atoms with E-state index in [1.165, 1.54) is 0 Å². The molecule has 4 rings (SSSR count). The molecule has 0 aliphatic carbocycles. The summed E-state index contributed by atoms with van der Waals surface area (Å²) in [6.07, 6.45) is 2.89. The Morgan fingerprint density at radius 1 is 1.12 bits per heavy atom. The number of ether oxygens (including phenoxy) is 2. The van der Waals surface area contributed by atoms with Gasteiger partial charge in [0, 0.05) is 50.6 Å². The summed E-state index contributed by atoms with van der Waals surface area (Å²) in [5.74, 6) is 1.31. The first-order valence-electron chi connectivity index (χ1n) is 11.1. The van der Waals surface area contributed by atoms with E-state index in [0.717, 1.165) is 44.7 Å². The van der Waals surface area contributed by atoms with Crippen LogP contribution in [0.2, 0.25) is 0 Å². The molecule has 2 aliphatic heterocycles. The van der Waals surface area contributed by atoms with Crippen molar-refractivity contribution in [1.82, 2.24) is 24.8 Å². The Kier molecular flexibility index (Phi) is 7.01. The van der Waals surface area contributed by atoms with Crippen LogP contribution < -0.4 is 20.1 Å². The lowest BCUT2D eigenvalue weighted by Crippen LogP contribution is -2.44. The Labute approximate surface area is 188 Å². The Balaban J connectivity index is 1.30. The molecule has 0 radical (unpaired) electrons. The number of hydrogen-bond donors (Lipinski definition) is 1. The molecular weight excluding hydrogens is 410 g/mol. The number of hydrogen-bond acceptors (Lipinski definition) is 9. The molecule has 2 N–H and O–H groups in total. The average molecular weight is 442 g/mol. The van der Waals surface area contributed by atoms with Crippen molar-refractivity contribution < 1.29 is 14.3 Å². The van der Waals surface area contributed by atoms with Crippen molar-refractivity contribution in [3.8, 4) is 11.9 Å². The van der Waals surface area contributed by atoms with Crippen LogP contribution in [-0.4, -0.2) is 83.6 Å². The Morgan fingerprint density at radius 3 is 2.66 bits per heavy atom. The molecule has 10 nitrogen and oxygen atoms in total. The van der Waals surface area contributed by atoms with Gasteiger partial charge in [0.2, 0.25) is 11.8 Å². The Hall–Kier alpha value is -2.98. The molecule has 0 saturated carbocycles. The summed E-state index contributed by atoms with van der Waals surface area (Å²) in [6, 6.07) is 3.94. The summed E-state index contributed by atoms with van der Waals surface area (Å²) in [4.78, 5) is 31.9. The van der Waals surface area contributed by atoms with Gasteiger partial charge in [-0.1, -0.05) is 6.07 Å². The van der Waals surface area contributed by atoms with Crippen LogP contribution in [0.1, 0.15) is 24.5 Å². The second kappa shape index (κ2) is 10.1. The third-order valence-corrected chi connectivity index (χ3v) is 5.76. The van der Waals surface area contributed by atoms with E-state index in [1.807, 2.05) is 19.1 Å². The summed E-state index contributed by atoms with van der Waals surface area (Å²) in [7, 11) is 2.16. The number of carbonyl (C=O) groups excluding carboxylic acids is 1. The fraction of sp³-hybridized carbons (Fsp3) is 0.545. The molecule has 1 saturated heterocycles. The highest BCUT2D eigenvalue weighted by molar-refractivity contribution is 6.01. The quantitative estimate of drug-likeness (QED) is 0.569. The fourth-order valence-corrected chi connectivity index (χ4v) is 3.89. The largest absolute Gasteiger partial charge is 0.478 e. The van der Waals surface area contributed by atoms with E-state index < -0.39 is 0 Å². The summed E-state index contributed by atoms with van der Waals surface area (Å²) in [5.41, 5.74) is 7.53. The molecule has 0 spiro atoms. The first kappa shape index (κ1) is 22.2. The third-order valence-electron chi connectivity index (χ3n) is 5.76. The second-order valence-electron chi connectivity index (χ2n) is 8.13. The van der Waals surface area contributed by atoms with Crippen LogP contribution in [0.3, 0.4) is 0 Å². The van der Waals surface area contributed by atoms with Crippen LogP contribution in [0.5, 0.6) is 11.9 Å². The van der Waals surface area contributed by atoms with E-state index in [4.69, 9.17) is 15.2 Å². The average Bonchev–Trinajstić information content (AvgIpc) is 3.10. The lowest BCUT2D eigenvalue weighted by atomic mass is 10.2. The van der Waals surface area contributed by atoms with Crippen LogP contribution in [0.25, 0.3) is 0 Å². The minimum Gasteiger partial charge on any atom is -0.478 e. The summed E-state index contributed by atoms with van der Waals surface area (Å²) < 4.78 is 11.2. The van der Waals surface area contributed by atoms with Gasteiger partial charge in [0.05, 0.1) is 26.2 Å². The van der Waals surface area contributed by atoms with Crippen molar-refractivity contribution in [2.24, 2.45) is 0 Å². The van der Waals surface area contributed by atoms with E-state index in [2.05, 4.69) is 31.8 Å². The first-order valence-corrected chi connectivity index (χ1v) is 11.1. The van der Waals surface area contributed by atoms with Gasteiger partial charge in [-0.25, -0.2) is 4.98 Å². The van der Waals surface area contributed by atoms with Gasteiger partial charge in [-0.2, -0.15) is 9.97 Å². The first-order chi connectivity index (χ1) is 15.5. The van der Waals surface area contributed by atoms with E-state index >= 15 is 0 Å². The van der Waals surface area contributed by atoms with Crippen molar-refractivity contribution >= 4 is 17.5 Å². The number of pyridine rings is 1. The minimum absolute atomic E-state index is 0.0705. The van der Waals surface area contributed by atoms with Gasteiger partial charge in [0.1, 0.15) is 11.6 Å². The monoisotopic (exact) mass is 441 g/mol. The summed E-state index contributed by atoms with van der Waals surface area (Å²) in [6.45, 7) is 8.77. The standard InChI is InChI=1S/C22H31N7O3/c1-3-31-22-25-20(23)17-13-19(30)29(21(17)26-22)15-16-5-6-18(24-14-16)32-12-4-7-28-10-8-27(2)9-11-28/h5-6,14H,3-4,7-13,15H2,1-2H3,(H2,23,25,26). The van der Waals surface area contributed by atoms with Crippen LogP contribution in [0.4, 0.5) is 11.6 Å². The SMILES string of the molecule is CCOc1nc(N)c2c(n1)N(Cc1ccc(OCCCN3CCN(C)CC3)nc1)C(=O)C2. The number of rotatable bonds is 9. The highest BCUT2D eigenvalue weighted by atomic mass is 16.5. The number of anilines is 2. The zero-order chi connectivity index (χ0) is 22.5. The van der Waals surface area contributed by atoms with Crippen LogP contribution in [-0.2, 0) is 17.8 Å².